The van der Waals surface area contributed by atoms with Crippen molar-refractivity contribution in [1.29, 1.82) is 0 Å². The molecule has 2 aromatic rings. The maximum absolute atomic E-state index is 10.6. The second kappa shape index (κ2) is 5.01. The van der Waals surface area contributed by atoms with Gasteiger partial charge in [-0.1, -0.05) is 16.8 Å². The number of ether oxygens (including phenoxy) is 1. The van der Waals surface area contributed by atoms with E-state index in [4.69, 9.17) is 20.9 Å². The van der Waals surface area contributed by atoms with E-state index in [2.05, 4.69) is 10.1 Å². The molecule has 0 fully saturated rings. The number of nitrogens with zero attached hydrogens (tertiary/aromatic N) is 3. The molecule has 0 radical (unpaired) electrons. The molecule has 7 nitrogen and oxygen atoms in total. The lowest BCUT2D eigenvalue weighted by Gasteiger charge is -2.03. The van der Waals surface area contributed by atoms with Gasteiger partial charge < -0.3 is 9.26 Å². The van der Waals surface area contributed by atoms with Crippen molar-refractivity contribution in [3.63, 3.8) is 0 Å². The fourth-order valence-corrected chi connectivity index (χ4v) is 1.51. The predicted molar refractivity (Wildman–Crippen MR) is 61.5 cm³/mol. The Labute approximate surface area is 106 Å². The first-order valence-electron chi connectivity index (χ1n) is 4.92. The van der Waals surface area contributed by atoms with Crippen LogP contribution in [-0.2, 0) is 6.61 Å². The molecule has 0 saturated heterocycles. The smallest absolute Gasteiger partial charge is 0.288 e. The number of aromatic nitrogens is 2. The Hall–Kier alpha value is -2.15. The fourth-order valence-electron chi connectivity index (χ4n) is 1.27. The largest absolute Gasteiger partial charge is 0.484 e. The summed E-state index contributed by atoms with van der Waals surface area (Å²) in [7, 11) is 0. The van der Waals surface area contributed by atoms with Crippen molar-refractivity contribution in [3.8, 4) is 5.75 Å². The Morgan fingerprint density at radius 1 is 1.56 bits per heavy atom. The second-order valence-electron chi connectivity index (χ2n) is 3.39. The molecule has 1 aromatic heterocycles. The van der Waals surface area contributed by atoms with Crippen molar-refractivity contribution in [2.75, 3.05) is 0 Å². The van der Waals surface area contributed by atoms with Crippen molar-refractivity contribution < 1.29 is 14.2 Å². The minimum Gasteiger partial charge on any atom is -0.484 e. The molecule has 0 amide bonds. The summed E-state index contributed by atoms with van der Waals surface area (Å²) in [5, 5.41) is 14.2. The van der Waals surface area contributed by atoms with Crippen molar-refractivity contribution in [3.05, 3.63) is 45.1 Å². The Morgan fingerprint density at radius 2 is 2.33 bits per heavy atom. The van der Waals surface area contributed by atoms with Crippen LogP contribution >= 0.6 is 11.6 Å². The molecular weight excluding hydrogens is 262 g/mol. The maximum atomic E-state index is 10.6. The van der Waals surface area contributed by atoms with Gasteiger partial charge in [-0.3, -0.25) is 10.1 Å². The summed E-state index contributed by atoms with van der Waals surface area (Å²) in [5.41, 5.74) is -0.169. The maximum Gasteiger partial charge on any atom is 0.288 e. The van der Waals surface area contributed by atoms with Gasteiger partial charge in [0.15, 0.2) is 12.4 Å². The minimum absolute atomic E-state index is 0.0132. The first-order chi connectivity index (χ1) is 8.56. The van der Waals surface area contributed by atoms with E-state index < -0.39 is 4.92 Å². The van der Waals surface area contributed by atoms with Gasteiger partial charge in [0.2, 0.25) is 0 Å². The van der Waals surface area contributed by atoms with Gasteiger partial charge in [0, 0.05) is 12.1 Å². The third-order valence-electron chi connectivity index (χ3n) is 2.05. The summed E-state index contributed by atoms with van der Waals surface area (Å²) < 4.78 is 10.2. The SMILES string of the molecule is Cc1noc(COc2ccc([N+](=O)[O-])c(Cl)c2)n1. The molecule has 0 bridgehead atoms. The van der Waals surface area contributed by atoms with E-state index in [9.17, 15) is 10.1 Å². The van der Waals surface area contributed by atoms with Crippen molar-refractivity contribution in [2.24, 2.45) is 0 Å². The monoisotopic (exact) mass is 269 g/mol. The summed E-state index contributed by atoms with van der Waals surface area (Å²) >= 11 is 5.74. The van der Waals surface area contributed by atoms with Crippen LogP contribution in [0.4, 0.5) is 5.69 Å². The van der Waals surface area contributed by atoms with Crippen LogP contribution in [0.15, 0.2) is 22.7 Å². The molecule has 0 aliphatic carbocycles. The predicted octanol–water partition coefficient (Wildman–Crippen LogP) is 2.52. The van der Waals surface area contributed by atoms with E-state index in [-0.39, 0.29) is 17.3 Å². The first-order valence-corrected chi connectivity index (χ1v) is 5.30. The minimum atomic E-state index is -0.562. The standard InChI is InChI=1S/C10H8ClN3O4/c1-6-12-10(18-13-6)5-17-7-2-3-9(14(15)16)8(11)4-7/h2-4H,5H2,1H3. The summed E-state index contributed by atoms with van der Waals surface area (Å²) in [4.78, 5) is 14.0. The lowest BCUT2D eigenvalue weighted by Crippen LogP contribution is -1.96. The topological polar surface area (TPSA) is 91.3 Å². The van der Waals surface area contributed by atoms with Crippen molar-refractivity contribution in [2.45, 2.75) is 13.5 Å². The number of halogens is 1. The van der Waals surface area contributed by atoms with Gasteiger partial charge in [-0.25, -0.2) is 0 Å². The van der Waals surface area contributed by atoms with Gasteiger partial charge in [0.05, 0.1) is 4.92 Å². The normalized spacial score (nSPS) is 10.3. The Kier molecular flexibility index (Phi) is 3.42. The first kappa shape index (κ1) is 12.3. The molecule has 0 saturated carbocycles. The summed E-state index contributed by atoms with van der Waals surface area (Å²) in [6.45, 7) is 1.77. The van der Waals surface area contributed by atoms with Gasteiger partial charge in [0.1, 0.15) is 10.8 Å². The fraction of sp³-hybridized carbons (Fsp3) is 0.200. The van der Waals surface area contributed by atoms with Gasteiger partial charge in [0.25, 0.3) is 11.6 Å². The third kappa shape index (κ3) is 2.75. The van der Waals surface area contributed by atoms with E-state index in [0.29, 0.717) is 17.5 Å². The molecule has 0 spiro atoms. The van der Waals surface area contributed by atoms with Crippen LogP contribution in [-0.4, -0.2) is 15.1 Å². The third-order valence-corrected chi connectivity index (χ3v) is 2.35. The summed E-state index contributed by atoms with van der Waals surface area (Å²) in [6, 6.07) is 4.09. The highest BCUT2D eigenvalue weighted by atomic mass is 35.5. The molecule has 0 atom stereocenters. The molecule has 18 heavy (non-hydrogen) atoms. The van der Waals surface area contributed by atoms with Crippen molar-refractivity contribution >= 4 is 17.3 Å². The molecule has 0 aliphatic heterocycles. The molecule has 0 N–H and O–H groups in total. The molecule has 0 aliphatic rings. The number of benzene rings is 1. The number of nitro benzene ring substituents is 1. The zero-order chi connectivity index (χ0) is 13.1. The zero-order valence-corrected chi connectivity index (χ0v) is 10.0. The van der Waals surface area contributed by atoms with Crippen LogP contribution < -0.4 is 4.74 Å². The van der Waals surface area contributed by atoms with Gasteiger partial charge in [-0.15, -0.1) is 0 Å². The number of aryl methyl sites for hydroxylation is 1. The van der Waals surface area contributed by atoms with E-state index in [1.807, 2.05) is 0 Å². The van der Waals surface area contributed by atoms with E-state index in [0.717, 1.165) is 0 Å². The molecule has 1 heterocycles. The summed E-state index contributed by atoms with van der Waals surface area (Å²) in [5.74, 6) is 1.22. The Bertz CT molecular complexity index is 584. The molecule has 0 unspecified atom stereocenters. The molecule has 8 heteroatoms. The van der Waals surface area contributed by atoms with E-state index in [1.54, 1.807) is 6.92 Å². The number of nitro groups is 1. The van der Waals surface area contributed by atoms with Crippen molar-refractivity contribution in [1.82, 2.24) is 10.1 Å². The highest BCUT2D eigenvalue weighted by molar-refractivity contribution is 6.32. The second-order valence-corrected chi connectivity index (χ2v) is 3.80. The highest BCUT2D eigenvalue weighted by Crippen LogP contribution is 2.28. The van der Waals surface area contributed by atoms with Gasteiger partial charge in [-0.05, 0) is 13.0 Å². The highest BCUT2D eigenvalue weighted by Gasteiger charge is 2.13. The quantitative estimate of drug-likeness (QED) is 0.625. The van der Waals surface area contributed by atoms with Crippen LogP contribution in [0.3, 0.4) is 0 Å². The number of hydrogen-bond donors (Lipinski definition) is 0. The lowest BCUT2D eigenvalue weighted by molar-refractivity contribution is -0.384. The molecular formula is C10H8ClN3O4. The van der Waals surface area contributed by atoms with Crippen LogP contribution in [0.5, 0.6) is 5.75 Å². The van der Waals surface area contributed by atoms with Gasteiger partial charge >= 0.3 is 0 Å². The average molecular weight is 270 g/mol. The van der Waals surface area contributed by atoms with E-state index in [1.165, 1.54) is 18.2 Å². The lowest BCUT2D eigenvalue weighted by atomic mass is 10.3. The number of rotatable bonds is 4. The van der Waals surface area contributed by atoms with Crippen LogP contribution in [0.25, 0.3) is 0 Å². The zero-order valence-electron chi connectivity index (χ0n) is 9.29. The average Bonchev–Trinajstić information content (AvgIpc) is 2.72. The Morgan fingerprint density at radius 3 is 2.89 bits per heavy atom. The Balaban J connectivity index is 2.06. The van der Waals surface area contributed by atoms with Crippen LogP contribution in [0.2, 0.25) is 5.02 Å². The molecule has 2 rings (SSSR count). The van der Waals surface area contributed by atoms with Gasteiger partial charge in [-0.2, -0.15) is 4.98 Å². The molecule has 1 aromatic carbocycles. The molecule has 94 valence electrons. The number of hydrogen-bond acceptors (Lipinski definition) is 6. The van der Waals surface area contributed by atoms with Crippen LogP contribution in [0, 0.1) is 17.0 Å². The summed E-state index contributed by atoms with van der Waals surface area (Å²) in [6.07, 6.45) is 0. The van der Waals surface area contributed by atoms with E-state index >= 15 is 0 Å². The van der Waals surface area contributed by atoms with Crippen LogP contribution in [0.1, 0.15) is 11.7 Å².